The van der Waals surface area contributed by atoms with E-state index in [2.05, 4.69) is 26.4 Å². The third kappa shape index (κ3) is 3.69. The topological polar surface area (TPSA) is 77.0 Å². The average Bonchev–Trinajstić information content (AvgIpc) is 3.32. The zero-order valence-corrected chi connectivity index (χ0v) is 16.3. The zero-order chi connectivity index (χ0) is 19.5. The molecule has 0 aliphatic carbocycles. The molecule has 3 aromatic rings. The van der Waals surface area contributed by atoms with Gasteiger partial charge in [0, 0.05) is 49.5 Å². The standard InChI is InChI=1S/C21H25N5O2/c1-15-12-23-20(18-4-3-8-22-13-18)26(15)11-7-17-5-9-25(10-6-17)21(27)19-16(2)24-14-28-19/h3-4,8,12-14,17H,5-7,9-11H2,1-2H3. The van der Waals surface area contributed by atoms with Gasteiger partial charge in [-0.05, 0) is 51.2 Å². The number of rotatable bonds is 5. The molecule has 0 aromatic carbocycles. The average molecular weight is 379 g/mol. The molecule has 0 N–H and O–H groups in total. The summed E-state index contributed by atoms with van der Waals surface area (Å²) in [5.41, 5.74) is 2.86. The molecular weight excluding hydrogens is 354 g/mol. The molecule has 4 rings (SSSR count). The number of aromatic nitrogens is 4. The molecule has 1 saturated heterocycles. The first kappa shape index (κ1) is 18.4. The molecule has 0 radical (unpaired) electrons. The highest BCUT2D eigenvalue weighted by atomic mass is 16.3. The largest absolute Gasteiger partial charge is 0.438 e. The lowest BCUT2D eigenvalue weighted by atomic mass is 9.93. The number of imidazole rings is 1. The highest BCUT2D eigenvalue weighted by molar-refractivity contribution is 5.92. The number of pyridine rings is 1. The minimum atomic E-state index is -0.0437. The van der Waals surface area contributed by atoms with Crippen LogP contribution in [0.25, 0.3) is 11.4 Å². The van der Waals surface area contributed by atoms with E-state index in [1.54, 1.807) is 13.1 Å². The van der Waals surface area contributed by atoms with Gasteiger partial charge >= 0.3 is 0 Å². The molecule has 28 heavy (non-hydrogen) atoms. The second-order valence-corrected chi connectivity index (χ2v) is 7.41. The van der Waals surface area contributed by atoms with Gasteiger partial charge in [-0.1, -0.05) is 0 Å². The molecule has 7 heteroatoms. The summed E-state index contributed by atoms with van der Waals surface area (Å²) in [6.45, 7) is 6.35. The van der Waals surface area contributed by atoms with Crippen LogP contribution >= 0.6 is 0 Å². The molecule has 0 atom stereocenters. The fourth-order valence-electron chi connectivity index (χ4n) is 3.86. The Morgan fingerprint density at radius 1 is 1.21 bits per heavy atom. The van der Waals surface area contributed by atoms with Crippen molar-refractivity contribution in [3.63, 3.8) is 0 Å². The van der Waals surface area contributed by atoms with Crippen molar-refractivity contribution in [3.05, 3.63) is 54.3 Å². The summed E-state index contributed by atoms with van der Waals surface area (Å²) >= 11 is 0. The van der Waals surface area contributed by atoms with Crippen LogP contribution in [0.4, 0.5) is 0 Å². The van der Waals surface area contributed by atoms with Gasteiger partial charge in [0.25, 0.3) is 5.91 Å². The van der Waals surface area contributed by atoms with Crippen molar-refractivity contribution in [1.82, 2.24) is 24.4 Å². The maximum atomic E-state index is 12.6. The molecule has 0 saturated carbocycles. The Morgan fingerprint density at radius 3 is 2.71 bits per heavy atom. The second kappa shape index (κ2) is 7.96. The van der Waals surface area contributed by atoms with Gasteiger partial charge in [0.15, 0.2) is 6.39 Å². The van der Waals surface area contributed by atoms with Gasteiger partial charge in [0.1, 0.15) is 5.82 Å². The van der Waals surface area contributed by atoms with Crippen molar-refractivity contribution >= 4 is 5.91 Å². The summed E-state index contributed by atoms with van der Waals surface area (Å²) in [5.74, 6) is 1.90. The minimum Gasteiger partial charge on any atom is -0.438 e. The lowest BCUT2D eigenvalue weighted by Gasteiger charge is -2.31. The number of likely N-dealkylation sites (tertiary alicyclic amines) is 1. The maximum absolute atomic E-state index is 12.6. The summed E-state index contributed by atoms with van der Waals surface area (Å²) in [4.78, 5) is 27.2. The normalized spacial score (nSPS) is 15.1. The van der Waals surface area contributed by atoms with Crippen LogP contribution < -0.4 is 0 Å². The number of hydrogen-bond acceptors (Lipinski definition) is 5. The predicted molar refractivity (Wildman–Crippen MR) is 105 cm³/mol. The van der Waals surface area contributed by atoms with Crippen LogP contribution in [0.3, 0.4) is 0 Å². The first-order valence-electron chi connectivity index (χ1n) is 9.75. The van der Waals surface area contributed by atoms with Crippen LogP contribution in [-0.2, 0) is 6.54 Å². The van der Waals surface area contributed by atoms with Crippen molar-refractivity contribution in [1.29, 1.82) is 0 Å². The summed E-state index contributed by atoms with van der Waals surface area (Å²) in [7, 11) is 0. The van der Waals surface area contributed by atoms with Crippen molar-refractivity contribution in [2.24, 2.45) is 5.92 Å². The number of carbonyl (C=O) groups is 1. The van der Waals surface area contributed by atoms with E-state index >= 15 is 0 Å². The van der Waals surface area contributed by atoms with Gasteiger partial charge in [0.05, 0.1) is 5.69 Å². The van der Waals surface area contributed by atoms with Gasteiger partial charge < -0.3 is 13.9 Å². The molecule has 0 unspecified atom stereocenters. The van der Waals surface area contributed by atoms with Gasteiger partial charge in [-0.3, -0.25) is 9.78 Å². The summed E-state index contributed by atoms with van der Waals surface area (Å²) in [6.07, 6.45) is 9.98. The highest BCUT2D eigenvalue weighted by Gasteiger charge is 2.26. The van der Waals surface area contributed by atoms with Crippen LogP contribution in [0, 0.1) is 19.8 Å². The highest BCUT2D eigenvalue weighted by Crippen LogP contribution is 2.25. The number of oxazole rings is 1. The lowest BCUT2D eigenvalue weighted by molar-refractivity contribution is 0.0652. The van der Waals surface area contributed by atoms with E-state index < -0.39 is 0 Å². The van der Waals surface area contributed by atoms with Crippen molar-refractivity contribution in [3.8, 4) is 11.4 Å². The Bertz CT molecular complexity index is 939. The fourth-order valence-corrected chi connectivity index (χ4v) is 3.86. The van der Waals surface area contributed by atoms with E-state index in [0.29, 0.717) is 17.4 Å². The lowest BCUT2D eigenvalue weighted by Crippen LogP contribution is -2.38. The van der Waals surface area contributed by atoms with Crippen LogP contribution in [0.5, 0.6) is 0 Å². The van der Waals surface area contributed by atoms with Crippen LogP contribution in [0.2, 0.25) is 0 Å². The van der Waals surface area contributed by atoms with E-state index in [0.717, 1.165) is 56.0 Å². The monoisotopic (exact) mass is 379 g/mol. The summed E-state index contributed by atoms with van der Waals surface area (Å²) in [5, 5.41) is 0. The van der Waals surface area contributed by atoms with E-state index in [4.69, 9.17) is 4.42 Å². The Kier molecular flexibility index (Phi) is 5.23. The summed E-state index contributed by atoms with van der Waals surface area (Å²) < 4.78 is 7.52. The predicted octanol–water partition coefficient (Wildman–Crippen LogP) is 3.49. The smallest absolute Gasteiger partial charge is 0.291 e. The maximum Gasteiger partial charge on any atom is 0.291 e. The third-order valence-corrected chi connectivity index (χ3v) is 5.58. The number of amides is 1. The molecule has 3 aromatic heterocycles. The van der Waals surface area contributed by atoms with E-state index in [-0.39, 0.29) is 5.91 Å². The van der Waals surface area contributed by atoms with Gasteiger partial charge in [-0.15, -0.1) is 0 Å². The number of hydrogen-bond donors (Lipinski definition) is 0. The summed E-state index contributed by atoms with van der Waals surface area (Å²) in [6, 6.07) is 3.98. The Hall–Kier alpha value is -2.96. The Balaban J connectivity index is 1.35. The fraction of sp³-hybridized carbons (Fsp3) is 0.429. The van der Waals surface area contributed by atoms with E-state index in [9.17, 15) is 4.79 Å². The molecule has 4 heterocycles. The molecule has 0 bridgehead atoms. The van der Waals surface area contributed by atoms with Crippen molar-refractivity contribution in [2.75, 3.05) is 13.1 Å². The number of piperidine rings is 1. The van der Waals surface area contributed by atoms with Crippen LogP contribution in [-0.4, -0.2) is 43.4 Å². The third-order valence-electron chi connectivity index (χ3n) is 5.58. The van der Waals surface area contributed by atoms with Crippen LogP contribution in [0.1, 0.15) is 41.2 Å². The number of carbonyl (C=O) groups excluding carboxylic acids is 1. The minimum absolute atomic E-state index is 0.0437. The van der Waals surface area contributed by atoms with E-state index in [1.165, 1.54) is 6.39 Å². The van der Waals surface area contributed by atoms with E-state index in [1.807, 2.05) is 29.4 Å². The Labute approximate surface area is 164 Å². The number of nitrogens with zero attached hydrogens (tertiary/aromatic N) is 5. The van der Waals surface area contributed by atoms with Crippen molar-refractivity contribution < 1.29 is 9.21 Å². The van der Waals surface area contributed by atoms with Crippen LogP contribution in [0.15, 0.2) is 41.5 Å². The molecule has 1 aliphatic heterocycles. The Morgan fingerprint density at radius 2 is 2.04 bits per heavy atom. The first-order chi connectivity index (χ1) is 13.6. The molecule has 0 spiro atoms. The van der Waals surface area contributed by atoms with Gasteiger partial charge in [-0.2, -0.15) is 0 Å². The molecule has 1 aliphatic rings. The SMILES string of the molecule is Cc1ncoc1C(=O)N1CCC(CCn2c(C)cnc2-c2cccnc2)CC1. The molecular formula is C21H25N5O2. The van der Waals surface area contributed by atoms with Gasteiger partial charge in [-0.25, -0.2) is 9.97 Å². The molecule has 1 amide bonds. The number of aryl methyl sites for hydroxylation is 2. The van der Waals surface area contributed by atoms with Crippen molar-refractivity contribution in [2.45, 2.75) is 39.7 Å². The second-order valence-electron chi connectivity index (χ2n) is 7.41. The quantitative estimate of drug-likeness (QED) is 0.678. The molecule has 146 valence electrons. The molecule has 7 nitrogen and oxygen atoms in total. The first-order valence-corrected chi connectivity index (χ1v) is 9.75. The molecule has 1 fully saturated rings. The zero-order valence-electron chi connectivity index (χ0n) is 16.3. The van der Waals surface area contributed by atoms with Gasteiger partial charge in [0.2, 0.25) is 5.76 Å².